The quantitative estimate of drug-likeness (QED) is 0.687. The number of hydrogen-bond donors (Lipinski definition) is 0. The lowest BCUT2D eigenvalue weighted by Crippen LogP contribution is -2.33. The van der Waals surface area contributed by atoms with Crippen LogP contribution in [0.5, 0.6) is 0 Å². The van der Waals surface area contributed by atoms with Crippen LogP contribution >= 0.6 is 11.9 Å². The minimum atomic E-state index is -0.253. The first kappa shape index (κ1) is 23.1. The van der Waals surface area contributed by atoms with Gasteiger partial charge in [-0.1, -0.05) is 39.8 Å². The highest BCUT2D eigenvalue weighted by Crippen LogP contribution is 2.36. The van der Waals surface area contributed by atoms with Crippen molar-refractivity contribution < 1.29 is 15.7 Å². The van der Waals surface area contributed by atoms with Crippen molar-refractivity contribution in [2.45, 2.75) is 40.5 Å². The normalized spacial score (nSPS) is 19.1. The summed E-state index contributed by atoms with van der Waals surface area (Å²) in [6.45, 7) is 9.09. The molecule has 0 fully saturated rings. The zero-order valence-electron chi connectivity index (χ0n) is 16.5. The van der Waals surface area contributed by atoms with Gasteiger partial charge >= 0.3 is 0 Å². The van der Waals surface area contributed by atoms with E-state index in [1.807, 2.05) is 13.8 Å². The number of Topliss-reactive ketones (excluding diaryl/α,β-unsaturated/α-hetero) is 1. The van der Waals surface area contributed by atoms with Gasteiger partial charge in [0.1, 0.15) is 5.84 Å². The predicted molar refractivity (Wildman–Crippen MR) is 115 cm³/mol. The van der Waals surface area contributed by atoms with Crippen molar-refractivity contribution in [1.82, 2.24) is 4.90 Å². The van der Waals surface area contributed by atoms with E-state index in [1.54, 1.807) is 11.9 Å². The summed E-state index contributed by atoms with van der Waals surface area (Å²) in [5.74, 6) is 2.29. The lowest BCUT2D eigenvalue weighted by molar-refractivity contribution is 0.0811. The molecule has 4 rings (SSSR count). The van der Waals surface area contributed by atoms with Gasteiger partial charge in [0.15, 0.2) is 5.78 Å². The number of fused-ring (bicyclic) bond motifs is 2. The van der Waals surface area contributed by atoms with Crippen molar-refractivity contribution in [3.63, 3.8) is 0 Å². The number of hydrogen-bond acceptors (Lipinski definition) is 4. The molecule has 0 amide bonds. The molecule has 2 heterocycles. The molecular weight excluding hydrogens is 360 g/mol. The minimum absolute atomic E-state index is 0. The molecule has 2 aliphatic heterocycles. The number of aryl methyl sites for hydroxylation is 1. The topological polar surface area (TPSA) is 95.7 Å². The smallest absolute Gasteiger partial charge is 0.168 e. The number of amidine groups is 1. The monoisotopic (exact) mass is 390 g/mol. The van der Waals surface area contributed by atoms with Crippen LogP contribution in [0.3, 0.4) is 0 Å². The number of carbonyl (C=O) groups excluding carboxylic acids is 1. The van der Waals surface area contributed by atoms with E-state index in [0.717, 1.165) is 47.7 Å². The van der Waals surface area contributed by atoms with Gasteiger partial charge in [0.2, 0.25) is 0 Å². The molecule has 148 valence electrons. The van der Waals surface area contributed by atoms with E-state index in [4.69, 9.17) is 0 Å². The third-order valence-electron chi connectivity index (χ3n) is 4.92. The second-order valence-corrected chi connectivity index (χ2v) is 7.80. The van der Waals surface area contributed by atoms with Gasteiger partial charge in [0.05, 0.1) is 0 Å². The molecule has 1 aliphatic carbocycles. The van der Waals surface area contributed by atoms with Crippen molar-refractivity contribution in [1.29, 1.82) is 0 Å². The Morgan fingerprint density at radius 1 is 1.19 bits per heavy atom. The number of allylic oxidation sites excluding steroid dienone is 2. The molecule has 0 bridgehead atoms. The van der Waals surface area contributed by atoms with Crippen LogP contribution in [0, 0.1) is 5.41 Å². The Labute approximate surface area is 166 Å². The standard InChI is InChI=1S/C19H20N2OS.C2H6.2H2O/c1-19(2)8-7-13-5-6-14(12-16(13)17(19)22)15-4-3-9-21-10-11-23-20-18(15)21;1-2;;/h3-6,9,12H,7-8,10-11H2,1-2H3;1-2H3;2*1H2. The van der Waals surface area contributed by atoms with E-state index in [1.165, 1.54) is 5.56 Å². The molecule has 1 aromatic carbocycles. The zero-order valence-corrected chi connectivity index (χ0v) is 17.3. The molecule has 6 heteroatoms. The van der Waals surface area contributed by atoms with Crippen LogP contribution < -0.4 is 0 Å². The van der Waals surface area contributed by atoms with Gasteiger partial charge in [-0.25, -0.2) is 0 Å². The number of nitrogens with zero attached hydrogens (tertiary/aromatic N) is 2. The van der Waals surface area contributed by atoms with E-state index in [2.05, 4.69) is 59.7 Å². The Balaban J connectivity index is 0.000000883. The maximum Gasteiger partial charge on any atom is 0.168 e. The molecule has 0 aromatic heterocycles. The van der Waals surface area contributed by atoms with E-state index in [0.29, 0.717) is 0 Å². The first-order valence-electron chi connectivity index (χ1n) is 9.10. The van der Waals surface area contributed by atoms with Gasteiger partial charge in [0.25, 0.3) is 0 Å². The fraction of sp³-hybridized carbons (Fsp3) is 0.429. The van der Waals surface area contributed by atoms with Gasteiger partial charge in [-0.2, -0.15) is 4.40 Å². The summed E-state index contributed by atoms with van der Waals surface area (Å²) in [7, 11) is 0. The van der Waals surface area contributed by atoms with Crippen molar-refractivity contribution in [3.05, 3.63) is 53.2 Å². The summed E-state index contributed by atoms with van der Waals surface area (Å²) >= 11 is 1.61. The third-order valence-corrected chi connectivity index (χ3v) is 5.58. The lowest BCUT2D eigenvalue weighted by atomic mass is 9.72. The van der Waals surface area contributed by atoms with E-state index in [9.17, 15) is 4.79 Å². The highest BCUT2D eigenvalue weighted by atomic mass is 32.2. The average molecular weight is 391 g/mol. The lowest BCUT2D eigenvalue weighted by Gasteiger charge is -2.31. The Morgan fingerprint density at radius 2 is 1.93 bits per heavy atom. The summed E-state index contributed by atoms with van der Waals surface area (Å²) < 4.78 is 4.62. The summed E-state index contributed by atoms with van der Waals surface area (Å²) in [6, 6.07) is 6.33. The molecule has 0 unspecified atom stereocenters. The number of ketones is 1. The first-order chi connectivity index (χ1) is 12.1. The van der Waals surface area contributed by atoms with Gasteiger partial charge in [-0.3, -0.25) is 4.79 Å². The number of rotatable bonds is 1. The second-order valence-electron chi connectivity index (χ2n) is 6.95. The highest BCUT2D eigenvalue weighted by molar-refractivity contribution is 7.98. The minimum Gasteiger partial charge on any atom is -0.412 e. The van der Waals surface area contributed by atoms with Crippen molar-refractivity contribution in [3.8, 4) is 0 Å². The Morgan fingerprint density at radius 3 is 2.67 bits per heavy atom. The molecule has 5 nitrogen and oxygen atoms in total. The summed E-state index contributed by atoms with van der Waals surface area (Å²) in [5, 5.41) is 0. The SMILES string of the molecule is CC.CC1(C)CCc2ccc(C3=CC=CN4CCSN=C34)cc2C1=O.O.O. The average Bonchev–Trinajstić information content (AvgIpc) is 2.66. The van der Waals surface area contributed by atoms with E-state index in [-0.39, 0.29) is 22.2 Å². The molecule has 27 heavy (non-hydrogen) atoms. The second kappa shape index (κ2) is 9.35. The molecule has 1 aromatic rings. The molecule has 0 saturated carbocycles. The zero-order chi connectivity index (χ0) is 18.0. The Hall–Kier alpha value is -1.89. The highest BCUT2D eigenvalue weighted by Gasteiger charge is 2.34. The molecule has 0 radical (unpaired) electrons. The van der Waals surface area contributed by atoms with E-state index >= 15 is 0 Å². The van der Waals surface area contributed by atoms with Crippen LogP contribution in [0.1, 0.15) is 55.6 Å². The number of carbonyl (C=O) groups is 1. The summed E-state index contributed by atoms with van der Waals surface area (Å²) in [5.41, 5.74) is 4.02. The molecule has 4 N–H and O–H groups in total. The van der Waals surface area contributed by atoms with Crippen molar-refractivity contribution in [2.24, 2.45) is 9.81 Å². The van der Waals surface area contributed by atoms with Crippen molar-refractivity contribution >= 4 is 29.1 Å². The van der Waals surface area contributed by atoms with Crippen molar-refractivity contribution in [2.75, 3.05) is 12.3 Å². The molecule has 0 spiro atoms. The maximum atomic E-state index is 12.8. The molecule has 0 atom stereocenters. The molecular formula is C21H30N2O3S. The van der Waals surface area contributed by atoms with Gasteiger partial charge in [-0.05, 0) is 54.1 Å². The number of benzene rings is 1. The first-order valence-corrected chi connectivity index (χ1v) is 10.0. The van der Waals surface area contributed by atoms with Crippen LogP contribution in [-0.2, 0) is 6.42 Å². The van der Waals surface area contributed by atoms with Gasteiger partial charge < -0.3 is 15.9 Å². The van der Waals surface area contributed by atoms with Crippen LogP contribution in [0.2, 0.25) is 0 Å². The van der Waals surface area contributed by atoms with Crippen LogP contribution in [0.15, 0.2) is 40.9 Å². The van der Waals surface area contributed by atoms with Crippen LogP contribution in [0.4, 0.5) is 0 Å². The van der Waals surface area contributed by atoms with Gasteiger partial charge in [0, 0.05) is 35.0 Å². The molecule has 0 saturated heterocycles. The largest absolute Gasteiger partial charge is 0.412 e. The fourth-order valence-corrected chi connectivity index (χ4v) is 4.09. The third kappa shape index (κ3) is 4.34. The van der Waals surface area contributed by atoms with Crippen LogP contribution in [0.25, 0.3) is 5.57 Å². The van der Waals surface area contributed by atoms with Crippen LogP contribution in [-0.4, -0.2) is 39.8 Å². The van der Waals surface area contributed by atoms with Gasteiger partial charge in [-0.15, -0.1) is 0 Å². The Kier molecular flexibility index (Phi) is 8.02. The Bertz CT molecular complexity index is 782. The van der Waals surface area contributed by atoms with E-state index < -0.39 is 0 Å². The fourth-order valence-electron chi connectivity index (χ4n) is 3.39. The summed E-state index contributed by atoms with van der Waals surface area (Å²) in [6.07, 6.45) is 8.16. The predicted octanol–water partition coefficient (Wildman–Crippen LogP) is 3.49. The molecule has 3 aliphatic rings. The summed E-state index contributed by atoms with van der Waals surface area (Å²) in [4.78, 5) is 15.0. The maximum absolute atomic E-state index is 12.8.